The average molecular weight is 288 g/mol. The number of likely N-dealkylation sites (tertiary alicyclic amines) is 1. The summed E-state index contributed by atoms with van der Waals surface area (Å²) in [6, 6.07) is 7.42. The van der Waals surface area contributed by atoms with Crippen molar-refractivity contribution in [1.82, 2.24) is 10.1 Å². The number of rotatable bonds is 4. The van der Waals surface area contributed by atoms with Gasteiger partial charge < -0.3 is 14.5 Å². The molecule has 6 heteroatoms. The van der Waals surface area contributed by atoms with Crippen molar-refractivity contribution in [2.75, 3.05) is 13.1 Å². The average Bonchev–Trinajstić information content (AvgIpc) is 2.80. The quantitative estimate of drug-likeness (QED) is 0.922. The number of carboxylic acid groups (broad SMARTS) is 1. The maximum Gasteiger partial charge on any atom is 0.306 e. The van der Waals surface area contributed by atoms with Gasteiger partial charge in [0, 0.05) is 24.4 Å². The van der Waals surface area contributed by atoms with Gasteiger partial charge >= 0.3 is 5.97 Å². The van der Waals surface area contributed by atoms with Crippen molar-refractivity contribution in [2.45, 2.75) is 13.3 Å². The van der Waals surface area contributed by atoms with E-state index >= 15 is 0 Å². The molecule has 1 aromatic carbocycles. The van der Waals surface area contributed by atoms with Crippen LogP contribution >= 0.6 is 0 Å². The molecule has 2 aromatic rings. The maximum absolute atomic E-state index is 12.2. The minimum Gasteiger partial charge on any atom is -0.481 e. The van der Waals surface area contributed by atoms with Crippen LogP contribution in [-0.2, 0) is 16.0 Å². The summed E-state index contributed by atoms with van der Waals surface area (Å²) < 4.78 is 5.17. The molecule has 2 heterocycles. The highest BCUT2D eigenvalue weighted by Gasteiger charge is 2.37. The molecule has 21 heavy (non-hydrogen) atoms. The molecular formula is C15H16N2O4. The van der Waals surface area contributed by atoms with Crippen LogP contribution in [0.5, 0.6) is 0 Å². The topological polar surface area (TPSA) is 83.6 Å². The number of aliphatic carboxylic acids is 1. The Hall–Kier alpha value is -2.37. The van der Waals surface area contributed by atoms with E-state index < -0.39 is 11.9 Å². The van der Waals surface area contributed by atoms with Gasteiger partial charge in [0.2, 0.25) is 5.91 Å². The number of amides is 1. The standard InChI is InChI=1S/C15H16N2O4/c1-9(15(19)20)10-7-17(8-10)14(18)6-12-11-4-2-3-5-13(11)21-16-12/h2-5,9-10H,6-8H2,1H3,(H,19,20). The largest absolute Gasteiger partial charge is 0.481 e. The zero-order valence-corrected chi connectivity index (χ0v) is 11.7. The van der Waals surface area contributed by atoms with Crippen LogP contribution in [0.4, 0.5) is 0 Å². The van der Waals surface area contributed by atoms with E-state index in [0.717, 1.165) is 5.39 Å². The second-order valence-corrected chi connectivity index (χ2v) is 5.49. The molecule has 110 valence electrons. The van der Waals surface area contributed by atoms with Crippen LogP contribution in [0.25, 0.3) is 11.0 Å². The second-order valence-electron chi connectivity index (χ2n) is 5.49. The van der Waals surface area contributed by atoms with Gasteiger partial charge in [-0.15, -0.1) is 0 Å². The first-order chi connectivity index (χ1) is 10.1. The van der Waals surface area contributed by atoms with Gasteiger partial charge in [-0.2, -0.15) is 0 Å². The molecule has 1 aliphatic heterocycles. The van der Waals surface area contributed by atoms with Crippen LogP contribution in [0.3, 0.4) is 0 Å². The molecule has 1 saturated heterocycles. The molecule has 0 aliphatic carbocycles. The number of nitrogens with zero attached hydrogens (tertiary/aromatic N) is 2. The van der Waals surface area contributed by atoms with Crippen LogP contribution in [-0.4, -0.2) is 40.1 Å². The molecule has 3 rings (SSSR count). The highest BCUT2D eigenvalue weighted by Crippen LogP contribution is 2.25. The predicted molar refractivity (Wildman–Crippen MR) is 74.6 cm³/mol. The Labute approximate surface area is 121 Å². The van der Waals surface area contributed by atoms with E-state index in [1.54, 1.807) is 11.8 Å². The molecule has 1 atom stereocenters. The summed E-state index contributed by atoms with van der Waals surface area (Å²) in [6.07, 6.45) is 0.186. The summed E-state index contributed by atoms with van der Waals surface area (Å²) in [5, 5.41) is 13.7. The van der Waals surface area contributed by atoms with Crippen LogP contribution in [0.15, 0.2) is 28.8 Å². The molecule has 0 saturated carbocycles. The Kier molecular flexibility index (Phi) is 3.37. The van der Waals surface area contributed by atoms with Crippen LogP contribution < -0.4 is 0 Å². The van der Waals surface area contributed by atoms with E-state index in [1.807, 2.05) is 24.3 Å². The lowest BCUT2D eigenvalue weighted by Crippen LogP contribution is -2.53. The van der Waals surface area contributed by atoms with Crippen molar-refractivity contribution in [3.05, 3.63) is 30.0 Å². The number of aromatic nitrogens is 1. The van der Waals surface area contributed by atoms with Crippen LogP contribution in [0.2, 0.25) is 0 Å². The van der Waals surface area contributed by atoms with Gasteiger partial charge in [-0.3, -0.25) is 9.59 Å². The lowest BCUT2D eigenvalue weighted by molar-refractivity contribution is -0.150. The summed E-state index contributed by atoms with van der Waals surface area (Å²) >= 11 is 0. The number of carboxylic acids is 1. The molecule has 0 radical (unpaired) electrons. The Morgan fingerprint density at radius 1 is 1.43 bits per heavy atom. The van der Waals surface area contributed by atoms with Gasteiger partial charge in [-0.05, 0) is 12.1 Å². The Morgan fingerprint density at radius 3 is 2.86 bits per heavy atom. The summed E-state index contributed by atoms with van der Waals surface area (Å²) in [6.45, 7) is 2.68. The molecular weight excluding hydrogens is 272 g/mol. The van der Waals surface area contributed by atoms with Gasteiger partial charge in [0.05, 0.1) is 12.3 Å². The highest BCUT2D eigenvalue weighted by atomic mass is 16.5. The van der Waals surface area contributed by atoms with E-state index in [9.17, 15) is 9.59 Å². The molecule has 1 N–H and O–H groups in total. The van der Waals surface area contributed by atoms with E-state index in [4.69, 9.17) is 9.63 Å². The molecule has 6 nitrogen and oxygen atoms in total. The molecule has 0 bridgehead atoms. The first-order valence-electron chi connectivity index (χ1n) is 6.90. The molecule has 1 aromatic heterocycles. The molecule has 1 amide bonds. The van der Waals surface area contributed by atoms with Gasteiger partial charge in [-0.1, -0.05) is 24.2 Å². The summed E-state index contributed by atoms with van der Waals surface area (Å²) in [5.41, 5.74) is 1.30. The zero-order valence-electron chi connectivity index (χ0n) is 11.7. The third-order valence-electron chi connectivity index (χ3n) is 4.13. The smallest absolute Gasteiger partial charge is 0.306 e. The van der Waals surface area contributed by atoms with Gasteiger partial charge in [-0.25, -0.2) is 0 Å². The lowest BCUT2D eigenvalue weighted by atomic mass is 9.87. The lowest BCUT2D eigenvalue weighted by Gasteiger charge is -2.41. The van der Waals surface area contributed by atoms with Crippen molar-refractivity contribution in [1.29, 1.82) is 0 Å². The fourth-order valence-corrected chi connectivity index (χ4v) is 2.55. The number of fused-ring (bicyclic) bond motifs is 1. The number of hydrogen-bond donors (Lipinski definition) is 1. The first kappa shape index (κ1) is 13.6. The van der Waals surface area contributed by atoms with E-state index in [0.29, 0.717) is 24.4 Å². The fraction of sp³-hybridized carbons (Fsp3) is 0.400. The minimum absolute atomic E-state index is 0.0390. The maximum atomic E-state index is 12.2. The van der Waals surface area contributed by atoms with E-state index in [1.165, 1.54) is 0 Å². The van der Waals surface area contributed by atoms with Crippen molar-refractivity contribution in [3.63, 3.8) is 0 Å². The summed E-state index contributed by atoms with van der Waals surface area (Å²) in [7, 11) is 0. The Bertz CT molecular complexity index is 688. The molecule has 1 aliphatic rings. The van der Waals surface area contributed by atoms with Gasteiger partial charge in [0.1, 0.15) is 5.69 Å². The number of carbonyl (C=O) groups excluding carboxylic acids is 1. The molecule has 1 fully saturated rings. The van der Waals surface area contributed by atoms with Crippen molar-refractivity contribution < 1.29 is 19.2 Å². The van der Waals surface area contributed by atoms with Crippen molar-refractivity contribution in [3.8, 4) is 0 Å². The molecule has 0 spiro atoms. The SMILES string of the molecule is CC(C(=O)O)C1CN(C(=O)Cc2noc3ccccc23)C1. The van der Waals surface area contributed by atoms with E-state index in [-0.39, 0.29) is 18.2 Å². The van der Waals surface area contributed by atoms with Crippen molar-refractivity contribution >= 4 is 22.8 Å². The predicted octanol–water partition coefficient (Wildman–Crippen LogP) is 1.55. The molecule has 1 unspecified atom stereocenters. The van der Waals surface area contributed by atoms with Gasteiger partial charge in [0.25, 0.3) is 0 Å². The number of carbonyl (C=O) groups is 2. The number of benzene rings is 1. The van der Waals surface area contributed by atoms with Crippen molar-refractivity contribution in [2.24, 2.45) is 11.8 Å². The third-order valence-corrected chi connectivity index (χ3v) is 4.13. The Morgan fingerprint density at radius 2 is 2.14 bits per heavy atom. The van der Waals surface area contributed by atoms with Gasteiger partial charge in [0.15, 0.2) is 5.58 Å². The zero-order chi connectivity index (χ0) is 15.0. The first-order valence-corrected chi connectivity index (χ1v) is 6.90. The number of para-hydroxylation sites is 1. The van der Waals surface area contributed by atoms with Crippen LogP contribution in [0, 0.1) is 11.8 Å². The number of hydrogen-bond acceptors (Lipinski definition) is 4. The second kappa shape index (κ2) is 5.20. The third kappa shape index (κ3) is 2.49. The normalized spacial score (nSPS) is 16.7. The fourth-order valence-electron chi connectivity index (χ4n) is 2.55. The van der Waals surface area contributed by atoms with Crippen LogP contribution in [0.1, 0.15) is 12.6 Å². The summed E-state index contributed by atoms with van der Waals surface area (Å²) in [5.74, 6) is -1.22. The minimum atomic E-state index is -0.811. The van der Waals surface area contributed by atoms with E-state index in [2.05, 4.69) is 5.16 Å². The summed E-state index contributed by atoms with van der Waals surface area (Å²) in [4.78, 5) is 24.7. The monoisotopic (exact) mass is 288 g/mol. The Balaban J connectivity index is 1.62. The highest BCUT2D eigenvalue weighted by molar-refractivity contribution is 5.86.